The minimum absolute atomic E-state index is 0.223. The first-order valence-corrected chi connectivity index (χ1v) is 20.9. The first-order valence-electron chi connectivity index (χ1n) is 20.9. The Morgan fingerprint density at radius 2 is 1.25 bits per heavy atom. The largest absolute Gasteiger partial charge is 0.357 e. The van der Waals surface area contributed by atoms with E-state index in [4.69, 9.17) is 4.99 Å². The lowest BCUT2D eigenvalue weighted by molar-refractivity contribution is 0.572. The zero-order valence-electron chi connectivity index (χ0n) is 34.4. The predicted octanol–water partition coefficient (Wildman–Crippen LogP) is 14.3. The zero-order chi connectivity index (χ0) is 40.9. The van der Waals surface area contributed by atoms with Gasteiger partial charge in [0, 0.05) is 47.4 Å². The second kappa shape index (κ2) is 17.0. The number of hydrogen-bond acceptors (Lipinski definition) is 4. The molecule has 6 aromatic carbocycles. The molecule has 0 radical (unpaired) electrons. The van der Waals surface area contributed by atoms with Crippen LogP contribution in [0.3, 0.4) is 0 Å². The number of aliphatic imine (C=N–C) groups is 2. The number of benzene rings is 6. The first kappa shape index (κ1) is 38.4. The second-order valence-corrected chi connectivity index (χ2v) is 15.7. The summed E-state index contributed by atoms with van der Waals surface area (Å²) in [6.45, 7) is 6.33. The van der Waals surface area contributed by atoms with E-state index in [2.05, 4.69) is 205 Å². The Kier molecular flexibility index (Phi) is 10.8. The van der Waals surface area contributed by atoms with Crippen LogP contribution in [0.2, 0.25) is 0 Å². The predicted molar refractivity (Wildman–Crippen MR) is 254 cm³/mol. The molecule has 4 heteroatoms. The summed E-state index contributed by atoms with van der Waals surface area (Å²) in [7, 11) is 0. The molecular weight excluding hydrogens is 729 g/mol. The van der Waals surface area contributed by atoms with Crippen molar-refractivity contribution in [3.05, 3.63) is 222 Å². The molecule has 292 valence electrons. The lowest BCUT2D eigenvalue weighted by atomic mass is 9.85. The van der Waals surface area contributed by atoms with E-state index in [0.717, 1.165) is 74.3 Å². The Bertz CT molecular complexity index is 2790. The van der Waals surface area contributed by atoms with Crippen LogP contribution in [0.1, 0.15) is 67.3 Å². The summed E-state index contributed by atoms with van der Waals surface area (Å²) in [6, 6.07) is 55.0. The van der Waals surface area contributed by atoms with Gasteiger partial charge in [-0.1, -0.05) is 146 Å². The van der Waals surface area contributed by atoms with Gasteiger partial charge in [-0.2, -0.15) is 0 Å². The monoisotopic (exact) mass is 776 g/mol. The molecule has 0 saturated carbocycles. The van der Waals surface area contributed by atoms with Crippen LogP contribution in [-0.4, -0.2) is 16.9 Å². The van der Waals surface area contributed by atoms with Crippen molar-refractivity contribution < 1.29 is 0 Å². The third-order valence-electron chi connectivity index (χ3n) is 11.7. The number of pyridine rings is 1. The van der Waals surface area contributed by atoms with E-state index >= 15 is 0 Å². The van der Waals surface area contributed by atoms with Gasteiger partial charge in [0.2, 0.25) is 0 Å². The van der Waals surface area contributed by atoms with E-state index in [1.54, 1.807) is 0 Å². The molecule has 0 fully saturated rings. The topological polar surface area (TPSA) is 49.6 Å². The number of allylic oxidation sites excluding steroid dienone is 5. The summed E-state index contributed by atoms with van der Waals surface area (Å²) < 4.78 is 0. The van der Waals surface area contributed by atoms with Crippen LogP contribution in [0.25, 0.3) is 50.1 Å². The van der Waals surface area contributed by atoms with Crippen molar-refractivity contribution >= 4 is 23.2 Å². The van der Waals surface area contributed by atoms with Crippen LogP contribution in [0.15, 0.2) is 205 Å². The van der Waals surface area contributed by atoms with Crippen molar-refractivity contribution in [2.24, 2.45) is 9.98 Å². The number of rotatable bonds is 10. The van der Waals surface area contributed by atoms with Gasteiger partial charge in [-0.25, -0.2) is 0 Å². The van der Waals surface area contributed by atoms with Crippen molar-refractivity contribution in [3.8, 4) is 44.5 Å². The van der Waals surface area contributed by atoms with Crippen LogP contribution < -0.4 is 5.32 Å². The third-order valence-corrected chi connectivity index (χ3v) is 11.7. The first-order chi connectivity index (χ1) is 29.5. The molecule has 0 spiro atoms. The van der Waals surface area contributed by atoms with Gasteiger partial charge in [0.05, 0.1) is 11.4 Å². The number of aromatic nitrogens is 1. The van der Waals surface area contributed by atoms with Crippen LogP contribution in [-0.2, 0) is 5.66 Å². The zero-order valence-corrected chi connectivity index (χ0v) is 34.4. The molecule has 2 heterocycles. The molecule has 0 bridgehead atoms. The third kappa shape index (κ3) is 7.97. The fraction of sp³-hybridized carbons (Fsp3) is 0.125. The maximum absolute atomic E-state index is 5.70. The summed E-state index contributed by atoms with van der Waals surface area (Å²) >= 11 is 0. The highest BCUT2D eigenvalue weighted by atomic mass is 15.2. The Morgan fingerprint density at radius 3 is 1.98 bits per heavy atom. The summed E-state index contributed by atoms with van der Waals surface area (Å²) in [4.78, 5) is 14.2. The number of fused-ring (bicyclic) bond motifs is 1. The van der Waals surface area contributed by atoms with E-state index in [1.807, 2.05) is 31.7 Å². The molecule has 0 amide bonds. The lowest BCUT2D eigenvalue weighted by Gasteiger charge is -2.37. The van der Waals surface area contributed by atoms with Crippen molar-refractivity contribution in [2.75, 3.05) is 5.32 Å². The van der Waals surface area contributed by atoms with Gasteiger partial charge in [0.1, 0.15) is 0 Å². The van der Waals surface area contributed by atoms with Gasteiger partial charge in [-0.15, -0.1) is 0 Å². The molecule has 0 saturated heterocycles. The molecule has 60 heavy (non-hydrogen) atoms. The molecule has 4 nitrogen and oxygen atoms in total. The molecule has 2 unspecified atom stereocenters. The molecule has 9 rings (SSSR count). The number of nitrogens with one attached hydrogen (secondary N) is 1. The van der Waals surface area contributed by atoms with E-state index in [-0.39, 0.29) is 5.92 Å². The highest BCUT2D eigenvalue weighted by molar-refractivity contribution is 6.19. The minimum Gasteiger partial charge on any atom is -0.357 e. The van der Waals surface area contributed by atoms with Crippen LogP contribution in [0.4, 0.5) is 5.69 Å². The highest BCUT2D eigenvalue weighted by Gasteiger charge is 2.35. The van der Waals surface area contributed by atoms with Gasteiger partial charge in [0.25, 0.3) is 0 Å². The van der Waals surface area contributed by atoms with Crippen LogP contribution in [0, 0.1) is 0 Å². The van der Waals surface area contributed by atoms with E-state index in [1.165, 1.54) is 27.8 Å². The molecule has 2 atom stereocenters. The van der Waals surface area contributed by atoms with Gasteiger partial charge in [-0.3, -0.25) is 15.0 Å². The Labute approximate surface area is 354 Å². The molecule has 7 aromatic rings. The van der Waals surface area contributed by atoms with Crippen molar-refractivity contribution in [3.63, 3.8) is 0 Å². The molecule has 1 aromatic heterocycles. The van der Waals surface area contributed by atoms with Gasteiger partial charge in [0.15, 0.2) is 5.66 Å². The van der Waals surface area contributed by atoms with Gasteiger partial charge in [-0.05, 0) is 124 Å². The molecule has 1 N–H and O–H groups in total. The van der Waals surface area contributed by atoms with E-state index < -0.39 is 5.66 Å². The molecule has 1 aliphatic carbocycles. The van der Waals surface area contributed by atoms with E-state index in [9.17, 15) is 0 Å². The number of anilines is 1. The van der Waals surface area contributed by atoms with Crippen molar-refractivity contribution in [2.45, 2.75) is 45.2 Å². The Hall–Kier alpha value is -7.17. The maximum atomic E-state index is 5.70. The van der Waals surface area contributed by atoms with Gasteiger partial charge >= 0.3 is 0 Å². The average molecular weight is 777 g/mol. The smallest absolute Gasteiger partial charge is 0.153 e. The SMILES string of the molecule is CC=N/C=C\C(C)c1ccc(C2(C)N=C(c3ccc(-c4ccncc4)cc3)c3cc(-c4cccc(-c5ccccc5)c4)cc(-c4cccc(C5=CCCC=C5)c4)c3N2)cc1. The highest BCUT2D eigenvalue weighted by Crippen LogP contribution is 2.45. The minimum atomic E-state index is -0.772. The average Bonchev–Trinajstić information content (AvgIpc) is 3.32. The fourth-order valence-electron chi connectivity index (χ4n) is 8.32. The van der Waals surface area contributed by atoms with Crippen molar-refractivity contribution in [1.82, 2.24) is 4.98 Å². The fourth-order valence-corrected chi connectivity index (χ4v) is 8.32. The van der Waals surface area contributed by atoms with Crippen LogP contribution >= 0.6 is 0 Å². The summed E-state index contributed by atoms with van der Waals surface area (Å²) in [5, 5.41) is 4.04. The number of hydrogen-bond donors (Lipinski definition) is 1. The molecule has 2 aliphatic rings. The Morgan fingerprint density at radius 1 is 0.617 bits per heavy atom. The standard InChI is InChI=1S/C56H48N4/c1-4-57-32-29-39(2)40-25-27-51(28-26-40)56(3)59-54(45-23-21-43(22-24-45)44-30-33-58-34-31-44)53-38-50(48-19-11-17-46(35-48)41-13-7-5-8-14-41)37-52(55(53)60-56)49-20-12-18-47(36-49)42-15-9-6-10-16-42/h4-5,7-9,11-39,60H,6,10H2,1-3H3/b32-29-,57-4?. The molecular formula is C56H48N4. The van der Waals surface area contributed by atoms with Gasteiger partial charge < -0.3 is 5.32 Å². The molecule has 1 aliphatic heterocycles. The van der Waals surface area contributed by atoms with E-state index in [0.29, 0.717) is 0 Å². The van der Waals surface area contributed by atoms with Crippen molar-refractivity contribution in [1.29, 1.82) is 0 Å². The number of nitrogens with zero attached hydrogens (tertiary/aromatic N) is 3. The quantitative estimate of drug-likeness (QED) is 0.141. The maximum Gasteiger partial charge on any atom is 0.153 e. The summed E-state index contributed by atoms with van der Waals surface area (Å²) in [5.41, 5.74) is 17.4. The lowest BCUT2D eigenvalue weighted by Crippen LogP contribution is -2.36. The summed E-state index contributed by atoms with van der Waals surface area (Å²) in [6.07, 6.45) is 18.5. The normalized spacial score (nSPS) is 16.6. The summed E-state index contributed by atoms with van der Waals surface area (Å²) in [5.74, 6) is 0.223. The second-order valence-electron chi connectivity index (χ2n) is 15.7. The Balaban J connectivity index is 1.24. The van der Waals surface area contributed by atoms with Crippen LogP contribution in [0.5, 0.6) is 0 Å².